The highest BCUT2D eigenvalue weighted by Crippen LogP contribution is 2.68. The molecule has 1 unspecified atom stereocenters. The zero-order chi connectivity index (χ0) is 18.6. The molecule has 0 aliphatic carbocycles. The first-order valence-corrected chi connectivity index (χ1v) is 10.4. The van der Waals surface area contributed by atoms with E-state index in [1.54, 1.807) is 11.3 Å². The fourth-order valence-corrected chi connectivity index (χ4v) is 6.49. The molecule has 0 amide bonds. The van der Waals surface area contributed by atoms with Gasteiger partial charge in [-0.3, -0.25) is 0 Å². The summed E-state index contributed by atoms with van der Waals surface area (Å²) < 4.78 is 6.41. The standard InChI is InChI=1S/C23H27NOS/c1-13-9-8-10-16-18(13)24-14(2)19-17(15-11-12-26-20(15)25-19)23(24,7)22(5,6)21(16,3)4/h8-12,14H,1-7H3/t14-,23?/m0/s1. The van der Waals surface area contributed by atoms with Crippen LogP contribution < -0.4 is 4.90 Å². The van der Waals surface area contributed by atoms with Crippen molar-refractivity contribution in [2.75, 3.05) is 4.90 Å². The lowest BCUT2D eigenvalue weighted by Crippen LogP contribution is -2.62. The Kier molecular flexibility index (Phi) is 2.88. The van der Waals surface area contributed by atoms with Gasteiger partial charge in [-0.15, -0.1) is 11.3 Å². The van der Waals surface area contributed by atoms with Crippen molar-refractivity contribution in [2.45, 2.75) is 65.5 Å². The lowest BCUT2D eigenvalue weighted by atomic mass is 9.51. The average Bonchev–Trinajstić information content (AvgIpc) is 3.19. The molecule has 0 N–H and O–H groups in total. The summed E-state index contributed by atoms with van der Waals surface area (Å²) in [5, 5.41) is 3.47. The van der Waals surface area contributed by atoms with Crippen LogP contribution in [0.25, 0.3) is 10.3 Å². The van der Waals surface area contributed by atoms with Crippen LogP contribution in [0.4, 0.5) is 5.69 Å². The van der Waals surface area contributed by atoms with Crippen LogP contribution in [0.15, 0.2) is 34.1 Å². The van der Waals surface area contributed by atoms with Gasteiger partial charge in [0.1, 0.15) is 5.76 Å². The molecule has 136 valence electrons. The molecule has 0 fully saturated rings. The van der Waals surface area contributed by atoms with Crippen LogP contribution in [0.1, 0.15) is 70.0 Å². The number of rotatable bonds is 0. The normalized spacial score (nSPS) is 28.1. The van der Waals surface area contributed by atoms with Crippen LogP contribution in [0.5, 0.6) is 0 Å². The Morgan fingerprint density at radius 3 is 2.54 bits per heavy atom. The van der Waals surface area contributed by atoms with Crippen molar-refractivity contribution in [2.24, 2.45) is 5.41 Å². The minimum atomic E-state index is -0.114. The molecule has 2 nitrogen and oxygen atoms in total. The van der Waals surface area contributed by atoms with Crippen molar-refractivity contribution in [3.63, 3.8) is 0 Å². The molecular weight excluding hydrogens is 338 g/mol. The lowest BCUT2D eigenvalue weighted by molar-refractivity contribution is 0.0660. The predicted octanol–water partition coefficient (Wildman–Crippen LogP) is 6.92. The number of hydrogen-bond donors (Lipinski definition) is 0. The van der Waals surface area contributed by atoms with Crippen LogP contribution in [0.2, 0.25) is 0 Å². The van der Waals surface area contributed by atoms with E-state index >= 15 is 0 Å². The SMILES string of the molecule is Cc1cccc2c1N1[C@@H](C)c3oc4sccc4c3C1(C)C(C)(C)C2(C)C. The van der Waals surface area contributed by atoms with Crippen LogP contribution >= 0.6 is 11.3 Å². The van der Waals surface area contributed by atoms with Crippen LogP contribution in [-0.2, 0) is 11.0 Å². The van der Waals surface area contributed by atoms with Gasteiger partial charge in [0.25, 0.3) is 0 Å². The Morgan fingerprint density at radius 1 is 1.08 bits per heavy atom. The highest BCUT2D eigenvalue weighted by Gasteiger charge is 2.65. The summed E-state index contributed by atoms with van der Waals surface area (Å²) in [6.07, 6.45) is 0. The zero-order valence-electron chi connectivity index (χ0n) is 16.7. The molecule has 0 spiro atoms. The number of benzene rings is 1. The van der Waals surface area contributed by atoms with E-state index in [9.17, 15) is 0 Å². The van der Waals surface area contributed by atoms with E-state index < -0.39 is 0 Å². The summed E-state index contributed by atoms with van der Waals surface area (Å²) in [6.45, 7) is 16.7. The molecule has 0 radical (unpaired) electrons. The van der Waals surface area contributed by atoms with Gasteiger partial charge in [-0.2, -0.15) is 0 Å². The summed E-state index contributed by atoms with van der Waals surface area (Å²) in [5.74, 6) is 1.16. The molecule has 2 aromatic heterocycles. The summed E-state index contributed by atoms with van der Waals surface area (Å²) in [4.78, 5) is 3.74. The number of furan rings is 1. The number of para-hydroxylation sites is 1. The van der Waals surface area contributed by atoms with Crippen LogP contribution in [0, 0.1) is 12.3 Å². The molecule has 3 heteroatoms. The second-order valence-corrected chi connectivity index (χ2v) is 10.2. The number of hydrogen-bond acceptors (Lipinski definition) is 3. The lowest BCUT2D eigenvalue weighted by Gasteiger charge is -2.62. The number of thiophene rings is 1. The monoisotopic (exact) mass is 365 g/mol. The molecular formula is C23H27NOS. The molecule has 0 saturated heterocycles. The Balaban J connectivity index is 1.95. The van der Waals surface area contributed by atoms with E-state index in [-0.39, 0.29) is 22.4 Å². The van der Waals surface area contributed by atoms with Gasteiger partial charge in [0.05, 0.1) is 11.6 Å². The molecule has 0 saturated carbocycles. The van der Waals surface area contributed by atoms with Crippen molar-refractivity contribution in [1.82, 2.24) is 0 Å². The molecule has 1 aromatic carbocycles. The summed E-state index contributed by atoms with van der Waals surface area (Å²) in [7, 11) is 0. The van der Waals surface area contributed by atoms with Crippen molar-refractivity contribution in [1.29, 1.82) is 0 Å². The quantitative estimate of drug-likeness (QED) is 0.430. The number of anilines is 1. The first-order valence-electron chi connectivity index (χ1n) is 9.54. The third kappa shape index (κ3) is 1.49. The first-order chi connectivity index (χ1) is 12.1. The average molecular weight is 366 g/mol. The number of fused-ring (bicyclic) bond motifs is 7. The van der Waals surface area contributed by atoms with E-state index in [2.05, 4.69) is 83.0 Å². The van der Waals surface area contributed by atoms with Gasteiger partial charge in [0, 0.05) is 22.1 Å². The molecule has 2 aliphatic heterocycles. The van der Waals surface area contributed by atoms with Crippen molar-refractivity contribution in [3.8, 4) is 0 Å². The Labute approximate surface area is 159 Å². The topological polar surface area (TPSA) is 16.4 Å². The van der Waals surface area contributed by atoms with E-state index in [0.29, 0.717) is 0 Å². The summed E-state index contributed by atoms with van der Waals surface area (Å²) in [5.41, 5.74) is 5.58. The van der Waals surface area contributed by atoms with Crippen molar-refractivity contribution >= 4 is 27.3 Å². The van der Waals surface area contributed by atoms with Crippen molar-refractivity contribution < 1.29 is 4.42 Å². The summed E-state index contributed by atoms with van der Waals surface area (Å²) >= 11 is 1.72. The molecule has 0 bridgehead atoms. The highest BCUT2D eigenvalue weighted by molar-refractivity contribution is 7.16. The van der Waals surface area contributed by atoms with Gasteiger partial charge >= 0.3 is 0 Å². The minimum absolute atomic E-state index is 0.0268. The van der Waals surface area contributed by atoms with E-state index in [4.69, 9.17) is 4.42 Å². The Morgan fingerprint density at radius 2 is 1.81 bits per heavy atom. The Hall–Kier alpha value is -1.74. The van der Waals surface area contributed by atoms with E-state index in [1.807, 2.05) is 0 Å². The van der Waals surface area contributed by atoms with Gasteiger partial charge in [0.15, 0.2) is 4.90 Å². The van der Waals surface area contributed by atoms with Crippen molar-refractivity contribution in [3.05, 3.63) is 52.1 Å². The van der Waals surface area contributed by atoms with E-state index in [1.165, 1.54) is 27.8 Å². The highest BCUT2D eigenvalue weighted by atomic mass is 32.1. The molecule has 2 aliphatic rings. The number of aryl methyl sites for hydroxylation is 1. The third-order valence-corrected chi connectivity index (χ3v) is 8.80. The molecule has 3 aromatic rings. The first kappa shape index (κ1) is 16.4. The maximum Gasteiger partial charge on any atom is 0.188 e. The minimum Gasteiger partial charge on any atom is -0.448 e. The van der Waals surface area contributed by atoms with Gasteiger partial charge in [0.2, 0.25) is 0 Å². The molecule has 2 atom stereocenters. The molecule has 26 heavy (non-hydrogen) atoms. The maximum absolute atomic E-state index is 6.41. The summed E-state index contributed by atoms with van der Waals surface area (Å²) in [6, 6.07) is 9.28. The van der Waals surface area contributed by atoms with Gasteiger partial charge in [-0.05, 0) is 48.8 Å². The smallest absolute Gasteiger partial charge is 0.188 e. The van der Waals surface area contributed by atoms with Gasteiger partial charge in [-0.25, -0.2) is 0 Å². The molecule has 5 rings (SSSR count). The second-order valence-electron chi connectivity index (χ2n) is 9.30. The van der Waals surface area contributed by atoms with Crippen LogP contribution in [-0.4, -0.2) is 0 Å². The Bertz CT molecular complexity index is 1050. The van der Waals surface area contributed by atoms with E-state index in [0.717, 1.165) is 10.7 Å². The molecule has 4 heterocycles. The predicted molar refractivity (Wildman–Crippen MR) is 110 cm³/mol. The fourth-order valence-electron chi connectivity index (χ4n) is 5.72. The maximum atomic E-state index is 6.41. The largest absolute Gasteiger partial charge is 0.448 e. The fraction of sp³-hybridized carbons (Fsp3) is 0.478. The van der Waals surface area contributed by atoms with Crippen LogP contribution in [0.3, 0.4) is 0 Å². The zero-order valence-corrected chi connectivity index (χ0v) is 17.5. The second kappa shape index (κ2) is 4.56. The number of nitrogens with zero attached hydrogens (tertiary/aromatic N) is 1. The van der Waals surface area contributed by atoms with Gasteiger partial charge < -0.3 is 9.32 Å². The van der Waals surface area contributed by atoms with Gasteiger partial charge in [-0.1, -0.05) is 45.9 Å². The third-order valence-electron chi connectivity index (χ3n) is 8.01.